The molecule has 0 amide bonds. The Kier molecular flexibility index (Phi) is 2.45. The van der Waals surface area contributed by atoms with E-state index in [1.54, 1.807) is 0 Å². The molecule has 3 aromatic rings. The highest BCUT2D eigenvalue weighted by Crippen LogP contribution is 2.27. The lowest BCUT2D eigenvalue weighted by molar-refractivity contribution is 1.24. The molecule has 0 spiro atoms. The summed E-state index contributed by atoms with van der Waals surface area (Å²) >= 11 is 0. The van der Waals surface area contributed by atoms with Crippen molar-refractivity contribution in [2.75, 3.05) is 5.73 Å². The van der Waals surface area contributed by atoms with E-state index in [2.05, 4.69) is 23.0 Å². The van der Waals surface area contributed by atoms with Gasteiger partial charge in [0.15, 0.2) is 0 Å². The second kappa shape index (κ2) is 4.11. The van der Waals surface area contributed by atoms with Crippen molar-refractivity contribution in [3.05, 3.63) is 54.1 Å². The summed E-state index contributed by atoms with van der Waals surface area (Å²) in [4.78, 5) is 8.65. The van der Waals surface area contributed by atoms with Crippen molar-refractivity contribution < 1.29 is 0 Å². The number of rotatable bonds is 1. The molecule has 0 radical (unpaired) electrons. The van der Waals surface area contributed by atoms with Gasteiger partial charge in [-0.15, -0.1) is 0 Å². The van der Waals surface area contributed by atoms with E-state index in [0.29, 0.717) is 5.95 Å². The van der Waals surface area contributed by atoms with Crippen molar-refractivity contribution in [3.8, 4) is 11.3 Å². The van der Waals surface area contributed by atoms with Crippen molar-refractivity contribution in [1.82, 2.24) is 9.97 Å². The summed E-state index contributed by atoms with van der Waals surface area (Å²) in [7, 11) is 0. The second-order valence-corrected chi connectivity index (χ2v) is 4.32. The lowest BCUT2D eigenvalue weighted by Gasteiger charge is -2.07. The number of hydrogen-bond acceptors (Lipinski definition) is 3. The van der Waals surface area contributed by atoms with Gasteiger partial charge in [-0.1, -0.05) is 42.0 Å². The second-order valence-electron chi connectivity index (χ2n) is 4.32. The molecule has 0 aliphatic rings. The molecule has 0 aliphatic carbocycles. The highest BCUT2D eigenvalue weighted by molar-refractivity contribution is 5.93. The minimum absolute atomic E-state index is 0.310. The number of fused-ring (bicyclic) bond motifs is 1. The molecule has 18 heavy (non-hydrogen) atoms. The summed E-state index contributed by atoms with van der Waals surface area (Å²) in [5.41, 5.74) is 9.80. The van der Waals surface area contributed by atoms with E-state index in [1.807, 2.05) is 42.5 Å². The van der Waals surface area contributed by atoms with Crippen molar-refractivity contribution in [2.24, 2.45) is 0 Å². The Hall–Kier alpha value is -2.42. The zero-order chi connectivity index (χ0) is 12.5. The highest BCUT2D eigenvalue weighted by Gasteiger charge is 2.08. The number of nitrogens with zero attached hydrogens (tertiary/aromatic N) is 2. The predicted molar refractivity (Wildman–Crippen MR) is 74.1 cm³/mol. The third-order valence-electron chi connectivity index (χ3n) is 2.92. The van der Waals surface area contributed by atoms with Gasteiger partial charge in [-0.3, -0.25) is 0 Å². The van der Waals surface area contributed by atoms with Crippen molar-refractivity contribution in [3.63, 3.8) is 0 Å². The van der Waals surface area contributed by atoms with Crippen molar-refractivity contribution >= 4 is 16.9 Å². The molecular formula is C15H13N3. The summed E-state index contributed by atoms with van der Waals surface area (Å²) in [6.45, 7) is 2.06. The number of benzene rings is 2. The van der Waals surface area contributed by atoms with Gasteiger partial charge < -0.3 is 5.73 Å². The molecule has 0 atom stereocenters. The van der Waals surface area contributed by atoms with Crippen LogP contribution < -0.4 is 5.73 Å². The van der Waals surface area contributed by atoms with Crippen LogP contribution in [0.3, 0.4) is 0 Å². The largest absolute Gasteiger partial charge is 0.368 e. The first-order chi connectivity index (χ1) is 8.74. The van der Waals surface area contributed by atoms with Crippen LogP contribution in [0.5, 0.6) is 0 Å². The van der Waals surface area contributed by atoms with Gasteiger partial charge in [0, 0.05) is 10.9 Å². The topological polar surface area (TPSA) is 51.8 Å². The van der Waals surface area contributed by atoms with Crippen molar-refractivity contribution in [1.29, 1.82) is 0 Å². The summed E-state index contributed by atoms with van der Waals surface area (Å²) < 4.78 is 0. The first-order valence-electron chi connectivity index (χ1n) is 5.83. The number of nitrogens with two attached hydrogens (primary N) is 1. The Morgan fingerprint density at radius 2 is 1.72 bits per heavy atom. The number of hydrogen-bond donors (Lipinski definition) is 1. The SMILES string of the molecule is Cc1ccc2nc(N)nc(-c3ccccc3)c2c1. The van der Waals surface area contributed by atoms with E-state index in [9.17, 15) is 0 Å². The predicted octanol–water partition coefficient (Wildman–Crippen LogP) is 3.19. The van der Waals surface area contributed by atoms with Crippen LogP contribution in [0.2, 0.25) is 0 Å². The fraction of sp³-hybridized carbons (Fsp3) is 0.0667. The Balaban J connectivity index is 2.37. The van der Waals surface area contributed by atoms with Crippen LogP contribution in [0.25, 0.3) is 22.2 Å². The van der Waals surface area contributed by atoms with Crippen LogP contribution in [0, 0.1) is 6.92 Å². The van der Waals surface area contributed by atoms with Crippen LogP contribution in [0.1, 0.15) is 5.56 Å². The smallest absolute Gasteiger partial charge is 0.221 e. The molecule has 0 saturated heterocycles. The van der Waals surface area contributed by atoms with Crippen LogP contribution >= 0.6 is 0 Å². The van der Waals surface area contributed by atoms with Gasteiger partial charge in [-0.25, -0.2) is 9.97 Å². The number of anilines is 1. The van der Waals surface area contributed by atoms with Gasteiger partial charge in [0.05, 0.1) is 11.2 Å². The zero-order valence-corrected chi connectivity index (χ0v) is 10.1. The van der Waals surface area contributed by atoms with E-state index in [0.717, 1.165) is 22.2 Å². The summed E-state index contributed by atoms with van der Waals surface area (Å²) in [6.07, 6.45) is 0. The zero-order valence-electron chi connectivity index (χ0n) is 10.1. The highest BCUT2D eigenvalue weighted by atomic mass is 15.0. The van der Waals surface area contributed by atoms with Gasteiger partial charge in [0.25, 0.3) is 0 Å². The van der Waals surface area contributed by atoms with Crippen molar-refractivity contribution in [2.45, 2.75) is 6.92 Å². The van der Waals surface area contributed by atoms with Crippen LogP contribution in [0.4, 0.5) is 5.95 Å². The first-order valence-corrected chi connectivity index (χ1v) is 5.83. The van der Waals surface area contributed by atoms with E-state index in [4.69, 9.17) is 5.73 Å². The molecule has 0 aliphatic heterocycles. The maximum Gasteiger partial charge on any atom is 0.221 e. The van der Waals surface area contributed by atoms with Gasteiger partial charge in [0.2, 0.25) is 5.95 Å². The average molecular weight is 235 g/mol. The Morgan fingerprint density at radius 1 is 0.944 bits per heavy atom. The fourth-order valence-corrected chi connectivity index (χ4v) is 2.08. The summed E-state index contributed by atoms with van der Waals surface area (Å²) in [6, 6.07) is 16.1. The molecule has 2 N–H and O–H groups in total. The van der Waals surface area contributed by atoms with E-state index >= 15 is 0 Å². The molecule has 88 valence electrons. The molecule has 0 saturated carbocycles. The van der Waals surface area contributed by atoms with Gasteiger partial charge in [-0.2, -0.15) is 0 Å². The Labute approximate surface area is 105 Å². The minimum Gasteiger partial charge on any atom is -0.368 e. The molecule has 0 bridgehead atoms. The standard InChI is InChI=1S/C15H13N3/c1-10-7-8-13-12(9-10)14(18-15(16)17-13)11-5-3-2-4-6-11/h2-9H,1H3,(H2,16,17,18). The Bertz CT molecular complexity index is 706. The maximum absolute atomic E-state index is 5.78. The molecule has 0 unspecified atom stereocenters. The molecule has 3 heteroatoms. The van der Waals surface area contributed by atoms with Crippen LogP contribution in [-0.4, -0.2) is 9.97 Å². The van der Waals surface area contributed by atoms with Crippen LogP contribution in [-0.2, 0) is 0 Å². The third kappa shape index (κ3) is 1.80. The minimum atomic E-state index is 0.310. The molecule has 0 fully saturated rings. The number of aromatic nitrogens is 2. The summed E-state index contributed by atoms with van der Waals surface area (Å²) in [5.74, 6) is 0.310. The van der Waals surface area contributed by atoms with E-state index in [1.165, 1.54) is 5.56 Å². The third-order valence-corrected chi connectivity index (χ3v) is 2.92. The lowest BCUT2D eigenvalue weighted by Crippen LogP contribution is -1.98. The average Bonchev–Trinajstić information content (AvgIpc) is 2.39. The molecule has 1 heterocycles. The molecule has 3 nitrogen and oxygen atoms in total. The van der Waals surface area contributed by atoms with Gasteiger partial charge in [0.1, 0.15) is 0 Å². The quantitative estimate of drug-likeness (QED) is 0.704. The van der Waals surface area contributed by atoms with E-state index < -0.39 is 0 Å². The molecular weight excluding hydrogens is 222 g/mol. The number of aryl methyl sites for hydroxylation is 1. The van der Waals surface area contributed by atoms with Crippen LogP contribution in [0.15, 0.2) is 48.5 Å². The Morgan fingerprint density at radius 3 is 2.50 bits per heavy atom. The fourth-order valence-electron chi connectivity index (χ4n) is 2.08. The first kappa shape index (κ1) is 10.7. The maximum atomic E-state index is 5.78. The van der Waals surface area contributed by atoms with Gasteiger partial charge in [-0.05, 0) is 19.1 Å². The lowest BCUT2D eigenvalue weighted by atomic mass is 10.0. The molecule has 2 aromatic carbocycles. The monoisotopic (exact) mass is 235 g/mol. The van der Waals surface area contributed by atoms with Gasteiger partial charge >= 0.3 is 0 Å². The normalized spacial score (nSPS) is 10.7. The molecule has 1 aromatic heterocycles. The van der Waals surface area contributed by atoms with E-state index in [-0.39, 0.29) is 0 Å². The number of nitrogen functional groups attached to an aromatic ring is 1. The molecule has 3 rings (SSSR count). The summed E-state index contributed by atoms with van der Waals surface area (Å²) in [5, 5.41) is 1.04.